The predicted octanol–water partition coefficient (Wildman–Crippen LogP) is 7.05. The third kappa shape index (κ3) is 9.10. The summed E-state index contributed by atoms with van der Waals surface area (Å²) in [6.45, 7) is 5.24. The summed E-state index contributed by atoms with van der Waals surface area (Å²) in [4.78, 5) is 29.8. The van der Waals surface area contributed by atoms with Gasteiger partial charge < -0.3 is 10.2 Å². The number of benzene rings is 4. The van der Waals surface area contributed by atoms with Crippen molar-refractivity contribution in [3.63, 3.8) is 0 Å². The van der Waals surface area contributed by atoms with E-state index in [9.17, 15) is 18.0 Å². The molecule has 0 saturated heterocycles. The highest BCUT2D eigenvalue weighted by Gasteiger charge is 2.35. The van der Waals surface area contributed by atoms with Gasteiger partial charge in [0.1, 0.15) is 12.6 Å². The Bertz CT molecular complexity index is 1700. The molecule has 2 atom stereocenters. The Balaban J connectivity index is 1.80. The van der Waals surface area contributed by atoms with Gasteiger partial charge in [0.05, 0.1) is 10.6 Å². The molecule has 7 nitrogen and oxygen atoms in total. The third-order valence-electron chi connectivity index (χ3n) is 7.51. The molecule has 4 aromatic rings. The van der Waals surface area contributed by atoms with E-state index in [1.165, 1.54) is 29.2 Å². The van der Waals surface area contributed by atoms with Crippen molar-refractivity contribution in [2.24, 2.45) is 0 Å². The first-order valence-electron chi connectivity index (χ1n) is 14.7. The van der Waals surface area contributed by atoms with Crippen molar-refractivity contribution < 1.29 is 18.0 Å². The summed E-state index contributed by atoms with van der Waals surface area (Å²) in [5, 5.41) is 3.96. The monoisotopic (exact) mass is 665 g/mol. The third-order valence-corrected chi connectivity index (χ3v) is 9.80. The number of carbonyl (C=O) groups excluding carboxylic acids is 2. The number of hydrogen-bond acceptors (Lipinski definition) is 4. The molecule has 0 bridgehead atoms. The van der Waals surface area contributed by atoms with Crippen molar-refractivity contribution in [1.29, 1.82) is 0 Å². The zero-order valence-electron chi connectivity index (χ0n) is 25.5. The van der Waals surface area contributed by atoms with Crippen molar-refractivity contribution in [3.05, 3.63) is 130 Å². The normalized spacial score (nSPS) is 12.6. The molecule has 0 saturated carbocycles. The van der Waals surface area contributed by atoms with E-state index in [2.05, 4.69) is 5.32 Å². The molecular weight excluding hydrogens is 629 g/mol. The van der Waals surface area contributed by atoms with Gasteiger partial charge in [0, 0.05) is 29.1 Å². The molecule has 4 aromatic carbocycles. The van der Waals surface area contributed by atoms with Gasteiger partial charge in [-0.15, -0.1) is 0 Å². The fraction of sp³-hybridized carbons (Fsp3) is 0.257. The number of halogens is 2. The highest BCUT2D eigenvalue weighted by Crippen LogP contribution is 2.27. The summed E-state index contributed by atoms with van der Waals surface area (Å²) < 4.78 is 29.3. The molecule has 0 heterocycles. The molecule has 1 N–H and O–H groups in total. The van der Waals surface area contributed by atoms with E-state index in [4.69, 9.17) is 23.2 Å². The van der Waals surface area contributed by atoms with E-state index in [0.717, 1.165) is 21.0 Å². The van der Waals surface area contributed by atoms with E-state index in [1.807, 2.05) is 57.2 Å². The van der Waals surface area contributed by atoms with Crippen molar-refractivity contribution in [3.8, 4) is 0 Å². The number of rotatable bonds is 13. The van der Waals surface area contributed by atoms with Gasteiger partial charge >= 0.3 is 0 Å². The van der Waals surface area contributed by atoms with Crippen LogP contribution in [0.3, 0.4) is 0 Å². The molecular formula is C35H37Cl2N3O4S. The Hall–Kier alpha value is -3.85. The average molecular weight is 667 g/mol. The lowest BCUT2D eigenvalue weighted by molar-refractivity contribution is -0.140. The van der Waals surface area contributed by atoms with Gasteiger partial charge in [-0.1, -0.05) is 84.7 Å². The fourth-order valence-electron chi connectivity index (χ4n) is 4.83. The second-order valence-corrected chi connectivity index (χ2v) is 13.7. The van der Waals surface area contributed by atoms with Crippen LogP contribution >= 0.6 is 23.2 Å². The molecule has 2 amide bonds. The van der Waals surface area contributed by atoms with Crippen LogP contribution in [-0.4, -0.2) is 43.8 Å². The lowest BCUT2D eigenvalue weighted by atomic mass is 10.0. The maximum atomic E-state index is 14.5. The Kier molecular flexibility index (Phi) is 11.7. The van der Waals surface area contributed by atoms with E-state index in [0.29, 0.717) is 22.2 Å². The first kappa shape index (κ1) is 34.0. The molecule has 0 spiro atoms. The molecule has 0 aromatic heterocycles. The van der Waals surface area contributed by atoms with Gasteiger partial charge in [0.2, 0.25) is 11.8 Å². The van der Waals surface area contributed by atoms with Crippen molar-refractivity contribution in [1.82, 2.24) is 10.2 Å². The van der Waals surface area contributed by atoms with Gasteiger partial charge in [-0.2, -0.15) is 0 Å². The Labute approximate surface area is 275 Å². The number of anilines is 1. The predicted molar refractivity (Wildman–Crippen MR) is 181 cm³/mol. The molecule has 2 unspecified atom stereocenters. The summed E-state index contributed by atoms with van der Waals surface area (Å²) in [5.41, 5.74) is 2.75. The Morgan fingerprint density at radius 3 is 2.04 bits per heavy atom. The fourth-order valence-corrected chi connectivity index (χ4v) is 6.49. The number of amides is 2. The minimum absolute atomic E-state index is 0.0131. The smallest absolute Gasteiger partial charge is 0.264 e. The van der Waals surface area contributed by atoms with E-state index >= 15 is 0 Å². The van der Waals surface area contributed by atoms with Crippen LogP contribution in [0.1, 0.15) is 37.0 Å². The lowest BCUT2D eigenvalue weighted by Gasteiger charge is -2.34. The van der Waals surface area contributed by atoms with Crippen molar-refractivity contribution in [2.45, 2.75) is 57.1 Å². The van der Waals surface area contributed by atoms with Gasteiger partial charge in [-0.3, -0.25) is 13.9 Å². The number of sulfonamides is 1. The van der Waals surface area contributed by atoms with Crippen LogP contribution < -0.4 is 9.62 Å². The van der Waals surface area contributed by atoms with Crippen LogP contribution in [0.15, 0.2) is 108 Å². The van der Waals surface area contributed by atoms with Gasteiger partial charge in [-0.05, 0) is 85.5 Å². The zero-order chi connectivity index (χ0) is 32.6. The molecule has 10 heteroatoms. The minimum atomic E-state index is -4.21. The number of nitrogens with zero attached hydrogens (tertiary/aromatic N) is 2. The van der Waals surface area contributed by atoms with E-state index in [1.54, 1.807) is 42.5 Å². The molecule has 236 valence electrons. The molecule has 0 aliphatic heterocycles. The number of aryl methyl sites for hydroxylation is 1. The molecule has 0 fully saturated rings. The SMILES string of the molecule is CCC(C)NC(=O)C(Cc1ccccc1)N(Cc1ccc(Cl)cc1)C(=O)CN(c1cccc(C)c1)S(=O)(=O)c1ccc(Cl)cc1. The number of nitrogens with one attached hydrogen (secondary N) is 1. The van der Waals surface area contributed by atoms with Crippen molar-refractivity contribution >= 4 is 50.7 Å². The lowest BCUT2D eigenvalue weighted by Crippen LogP contribution is -2.54. The van der Waals surface area contributed by atoms with Crippen LogP contribution in [0.4, 0.5) is 5.69 Å². The standard InChI is InChI=1S/C35H37Cl2N3O4S/c1-4-26(3)38-35(42)33(22-27-10-6-5-7-11-27)39(23-28-13-15-29(36)16-14-28)34(41)24-40(31-12-8-9-25(2)21-31)45(43,44)32-19-17-30(37)18-20-32/h5-21,26,33H,4,22-24H2,1-3H3,(H,38,42). The Morgan fingerprint density at radius 2 is 1.44 bits per heavy atom. The zero-order valence-corrected chi connectivity index (χ0v) is 27.8. The van der Waals surface area contributed by atoms with Gasteiger partial charge in [0.25, 0.3) is 10.0 Å². The quantitative estimate of drug-likeness (QED) is 0.166. The molecule has 0 aliphatic carbocycles. The Morgan fingerprint density at radius 1 is 0.822 bits per heavy atom. The molecule has 0 aliphatic rings. The number of hydrogen-bond donors (Lipinski definition) is 1. The second-order valence-electron chi connectivity index (χ2n) is 11.0. The topological polar surface area (TPSA) is 86.8 Å². The van der Waals surface area contributed by atoms with Crippen molar-refractivity contribution in [2.75, 3.05) is 10.8 Å². The van der Waals surface area contributed by atoms with Gasteiger partial charge in [0.15, 0.2) is 0 Å². The number of carbonyl (C=O) groups is 2. The maximum Gasteiger partial charge on any atom is 0.264 e. The second kappa shape index (κ2) is 15.4. The van der Waals surface area contributed by atoms with Crippen LogP contribution in [0.5, 0.6) is 0 Å². The largest absolute Gasteiger partial charge is 0.352 e. The summed E-state index contributed by atoms with van der Waals surface area (Å²) in [6.07, 6.45) is 0.937. The first-order chi connectivity index (χ1) is 21.5. The molecule has 0 radical (unpaired) electrons. The molecule has 4 rings (SSSR count). The summed E-state index contributed by atoms with van der Waals surface area (Å²) in [5.74, 6) is -0.859. The maximum absolute atomic E-state index is 14.5. The highest BCUT2D eigenvalue weighted by molar-refractivity contribution is 7.92. The average Bonchev–Trinajstić information content (AvgIpc) is 3.02. The minimum Gasteiger partial charge on any atom is -0.352 e. The summed E-state index contributed by atoms with van der Waals surface area (Å²) in [7, 11) is -4.21. The van der Waals surface area contributed by atoms with Crippen LogP contribution in [0, 0.1) is 6.92 Å². The first-order valence-corrected chi connectivity index (χ1v) is 16.9. The summed E-state index contributed by atoms with van der Waals surface area (Å²) in [6, 6.07) is 28.1. The van der Waals surface area contributed by atoms with E-state index in [-0.39, 0.29) is 29.8 Å². The molecule has 45 heavy (non-hydrogen) atoms. The van der Waals surface area contributed by atoms with Crippen LogP contribution in [0.2, 0.25) is 10.0 Å². The van der Waals surface area contributed by atoms with Crippen LogP contribution in [-0.2, 0) is 32.6 Å². The summed E-state index contributed by atoms with van der Waals surface area (Å²) >= 11 is 12.2. The van der Waals surface area contributed by atoms with E-state index < -0.39 is 28.5 Å². The highest BCUT2D eigenvalue weighted by atomic mass is 35.5. The van der Waals surface area contributed by atoms with Gasteiger partial charge in [-0.25, -0.2) is 8.42 Å². The van der Waals surface area contributed by atoms with Crippen LogP contribution in [0.25, 0.3) is 0 Å².